The molecule has 0 saturated carbocycles. The molecule has 0 bridgehead atoms. The van der Waals surface area contributed by atoms with Gasteiger partial charge in [0.25, 0.3) is 0 Å². The molecule has 0 unspecified atom stereocenters. The quantitative estimate of drug-likeness (QED) is 0.796. The molecule has 3 aliphatic heterocycles. The molecule has 0 atom stereocenters. The van der Waals surface area contributed by atoms with Crippen molar-refractivity contribution in [1.82, 2.24) is 20.0 Å². The number of piperidine rings is 2. The van der Waals surface area contributed by atoms with Gasteiger partial charge in [-0.3, -0.25) is 4.79 Å². The summed E-state index contributed by atoms with van der Waals surface area (Å²) in [5.74, 6) is 1.91. The van der Waals surface area contributed by atoms with Gasteiger partial charge in [-0.1, -0.05) is 6.92 Å². The number of carbonyl (C=O) groups excluding carboxylic acids is 1. The first-order valence-corrected chi connectivity index (χ1v) is 10.2. The Labute approximate surface area is 159 Å². The number of likely N-dealkylation sites (N-methyl/N-ethyl adjacent to an activating group) is 1. The Morgan fingerprint density at radius 1 is 0.880 bits per heavy atom. The molecule has 1 N–H and O–H groups in total. The summed E-state index contributed by atoms with van der Waals surface area (Å²) in [5, 5.41) is 3.45. The smallest absolute Gasteiger partial charge is 0.222 e. The summed E-state index contributed by atoms with van der Waals surface area (Å²) in [6.45, 7) is 13.4. The maximum absolute atomic E-state index is 12.5. The Morgan fingerprint density at radius 2 is 1.52 bits per heavy atom. The lowest BCUT2D eigenvalue weighted by Crippen LogP contribution is -2.49. The zero-order valence-corrected chi connectivity index (χ0v) is 16.7. The first kappa shape index (κ1) is 20.9. The van der Waals surface area contributed by atoms with Crippen molar-refractivity contribution in [3.8, 4) is 0 Å². The van der Waals surface area contributed by atoms with Gasteiger partial charge in [-0.05, 0) is 70.2 Å². The van der Waals surface area contributed by atoms with Crippen LogP contribution in [0.2, 0.25) is 0 Å². The van der Waals surface area contributed by atoms with Crippen molar-refractivity contribution in [3.05, 3.63) is 0 Å². The highest BCUT2D eigenvalue weighted by atomic mass is 35.5. The van der Waals surface area contributed by atoms with Crippen LogP contribution in [0.5, 0.6) is 0 Å². The van der Waals surface area contributed by atoms with Crippen LogP contribution in [0.1, 0.15) is 39.0 Å². The highest BCUT2D eigenvalue weighted by Gasteiger charge is 2.27. The molecule has 0 aromatic heterocycles. The SMILES string of the molecule is CCN1CCN(C(=O)CC2CCN(CC3CCNCC3)CC2)CC1.Cl. The van der Waals surface area contributed by atoms with Crippen LogP contribution >= 0.6 is 12.4 Å². The third-order valence-electron chi connectivity index (χ3n) is 6.32. The van der Waals surface area contributed by atoms with Gasteiger partial charge in [0.15, 0.2) is 0 Å². The van der Waals surface area contributed by atoms with E-state index in [1.165, 1.54) is 58.4 Å². The van der Waals surface area contributed by atoms with Crippen molar-refractivity contribution in [3.63, 3.8) is 0 Å². The molecule has 6 heteroatoms. The molecular formula is C19H37ClN4O. The van der Waals surface area contributed by atoms with Crippen molar-refractivity contribution in [2.24, 2.45) is 11.8 Å². The Kier molecular flexibility index (Phi) is 8.97. The third kappa shape index (κ3) is 6.38. The average Bonchev–Trinajstić information content (AvgIpc) is 2.64. The van der Waals surface area contributed by atoms with Crippen LogP contribution in [0.4, 0.5) is 0 Å². The number of likely N-dealkylation sites (tertiary alicyclic amines) is 1. The van der Waals surface area contributed by atoms with E-state index in [1.807, 2.05) is 0 Å². The summed E-state index contributed by atoms with van der Waals surface area (Å²) in [5.41, 5.74) is 0. The fraction of sp³-hybridized carbons (Fsp3) is 0.947. The van der Waals surface area contributed by atoms with Crippen LogP contribution in [-0.2, 0) is 4.79 Å². The third-order valence-corrected chi connectivity index (χ3v) is 6.32. The molecule has 3 rings (SSSR count). The van der Waals surface area contributed by atoms with Gasteiger partial charge in [-0.15, -0.1) is 12.4 Å². The zero-order chi connectivity index (χ0) is 16.8. The number of piperazine rings is 1. The molecule has 5 nitrogen and oxygen atoms in total. The molecule has 25 heavy (non-hydrogen) atoms. The molecule has 3 saturated heterocycles. The van der Waals surface area contributed by atoms with E-state index in [9.17, 15) is 4.79 Å². The first-order valence-electron chi connectivity index (χ1n) is 10.2. The van der Waals surface area contributed by atoms with E-state index >= 15 is 0 Å². The van der Waals surface area contributed by atoms with Gasteiger partial charge in [-0.25, -0.2) is 0 Å². The van der Waals surface area contributed by atoms with Gasteiger partial charge in [0.05, 0.1) is 0 Å². The summed E-state index contributed by atoms with van der Waals surface area (Å²) in [4.78, 5) is 19.7. The van der Waals surface area contributed by atoms with Crippen LogP contribution in [0.15, 0.2) is 0 Å². The molecule has 1 amide bonds. The van der Waals surface area contributed by atoms with Crippen molar-refractivity contribution in [2.45, 2.75) is 39.0 Å². The van der Waals surface area contributed by atoms with E-state index in [4.69, 9.17) is 0 Å². The number of rotatable bonds is 5. The molecule has 0 radical (unpaired) electrons. The maximum Gasteiger partial charge on any atom is 0.222 e. The van der Waals surface area contributed by atoms with Crippen LogP contribution in [0, 0.1) is 11.8 Å². The summed E-state index contributed by atoms with van der Waals surface area (Å²) in [6.07, 6.45) is 5.88. The normalized spacial score (nSPS) is 24.9. The molecule has 3 aliphatic rings. The number of carbonyl (C=O) groups is 1. The van der Waals surface area contributed by atoms with E-state index in [0.29, 0.717) is 11.8 Å². The summed E-state index contributed by atoms with van der Waals surface area (Å²) < 4.78 is 0. The Hall–Kier alpha value is -0.360. The number of halogens is 1. The predicted octanol–water partition coefficient (Wildman–Crippen LogP) is 1.67. The van der Waals surface area contributed by atoms with E-state index in [1.54, 1.807) is 0 Å². The second kappa shape index (κ2) is 10.7. The minimum absolute atomic E-state index is 0. The molecule has 0 aromatic carbocycles. The predicted molar refractivity (Wildman–Crippen MR) is 105 cm³/mol. The Bertz CT molecular complexity index is 387. The van der Waals surface area contributed by atoms with E-state index in [0.717, 1.165) is 45.1 Å². The molecule has 0 aliphatic carbocycles. The van der Waals surface area contributed by atoms with Crippen molar-refractivity contribution in [2.75, 3.05) is 65.4 Å². The van der Waals surface area contributed by atoms with Crippen LogP contribution in [0.25, 0.3) is 0 Å². The van der Waals surface area contributed by atoms with Crippen molar-refractivity contribution in [1.29, 1.82) is 0 Å². The van der Waals surface area contributed by atoms with Gasteiger partial charge in [-0.2, -0.15) is 0 Å². The number of nitrogens with zero attached hydrogens (tertiary/aromatic N) is 3. The van der Waals surface area contributed by atoms with Crippen LogP contribution < -0.4 is 5.32 Å². The number of amides is 1. The summed E-state index contributed by atoms with van der Waals surface area (Å²) in [7, 11) is 0. The summed E-state index contributed by atoms with van der Waals surface area (Å²) >= 11 is 0. The molecule has 0 spiro atoms. The molecule has 0 aromatic rings. The van der Waals surface area contributed by atoms with Gasteiger partial charge in [0.1, 0.15) is 0 Å². The highest BCUT2D eigenvalue weighted by molar-refractivity contribution is 5.85. The van der Waals surface area contributed by atoms with Gasteiger partial charge in [0.2, 0.25) is 5.91 Å². The number of nitrogens with one attached hydrogen (secondary N) is 1. The van der Waals surface area contributed by atoms with Crippen LogP contribution in [0.3, 0.4) is 0 Å². The van der Waals surface area contributed by atoms with Crippen molar-refractivity contribution < 1.29 is 4.79 Å². The second-order valence-corrected chi connectivity index (χ2v) is 7.96. The molecular weight excluding hydrogens is 336 g/mol. The topological polar surface area (TPSA) is 38.8 Å². The minimum atomic E-state index is 0. The van der Waals surface area contributed by atoms with Gasteiger partial charge < -0.3 is 20.0 Å². The Balaban J connectivity index is 0.00000225. The fourth-order valence-corrected chi connectivity index (χ4v) is 4.49. The minimum Gasteiger partial charge on any atom is -0.340 e. The second-order valence-electron chi connectivity index (χ2n) is 7.96. The Morgan fingerprint density at radius 3 is 2.12 bits per heavy atom. The maximum atomic E-state index is 12.5. The fourth-order valence-electron chi connectivity index (χ4n) is 4.49. The van der Waals surface area contributed by atoms with Crippen molar-refractivity contribution >= 4 is 18.3 Å². The van der Waals surface area contributed by atoms with E-state index < -0.39 is 0 Å². The standard InChI is InChI=1S/C19H36N4O.ClH/c1-2-21-11-13-23(14-12-21)19(24)15-17-5-9-22(10-6-17)16-18-3-7-20-8-4-18;/h17-18,20H,2-16H2,1H3;1H. The number of hydrogen-bond donors (Lipinski definition) is 1. The van der Waals surface area contributed by atoms with Crippen LogP contribution in [-0.4, -0.2) is 86.1 Å². The zero-order valence-electron chi connectivity index (χ0n) is 15.9. The first-order chi connectivity index (χ1) is 11.7. The lowest BCUT2D eigenvalue weighted by molar-refractivity contribution is -0.134. The highest BCUT2D eigenvalue weighted by Crippen LogP contribution is 2.24. The molecule has 3 fully saturated rings. The molecule has 146 valence electrons. The van der Waals surface area contributed by atoms with Gasteiger partial charge >= 0.3 is 0 Å². The van der Waals surface area contributed by atoms with E-state index in [-0.39, 0.29) is 12.4 Å². The average molecular weight is 373 g/mol. The van der Waals surface area contributed by atoms with E-state index in [2.05, 4.69) is 26.9 Å². The summed E-state index contributed by atoms with van der Waals surface area (Å²) in [6, 6.07) is 0. The lowest BCUT2D eigenvalue weighted by atomic mass is 9.91. The monoisotopic (exact) mass is 372 g/mol. The lowest BCUT2D eigenvalue weighted by Gasteiger charge is -2.37. The van der Waals surface area contributed by atoms with Gasteiger partial charge in [0, 0.05) is 39.1 Å². The molecule has 3 heterocycles. The largest absolute Gasteiger partial charge is 0.340 e. The number of hydrogen-bond acceptors (Lipinski definition) is 4.